The van der Waals surface area contributed by atoms with E-state index in [1.165, 1.54) is 0 Å². The number of rotatable bonds is 10. The summed E-state index contributed by atoms with van der Waals surface area (Å²) in [5.74, 6) is 0.745. The lowest BCUT2D eigenvalue weighted by Gasteiger charge is -2.36. The zero-order chi connectivity index (χ0) is 19.1. The van der Waals surface area contributed by atoms with Gasteiger partial charge in [0.1, 0.15) is 10.1 Å². The lowest BCUT2D eigenvalue weighted by atomic mass is 9.95. The van der Waals surface area contributed by atoms with Crippen molar-refractivity contribution >= 4 is 29.0 Å². The Hall–Kier alpha value is -0.770. The van der Waals surface area contributed by atoms with Gasteiger partial charge in [0.15, 0.2) is 5.78 Å². The Morgan fingerprint density at radius 2 is 1.76 bits per heavy atom. The molecule has 1 aromatic rings. The Balaban J connectivity index is 2.89. The van der Waals surface area contributed by atoms with Crippen molar-refractivity contribution in [2.24, 2.45) is 0 Å². The molecule has 1 rings (SSSR count). The molecule has 1 aromatic carbocycles. The van der Waals surface area contributed by atoms with Crippen LogP contribution in [0.3, 0.4) is 0 Å². The molecule has 0 aliphatic heterocycles. The van der Waals surface area contributed by atoms with Crippen molar-refractivity contribution in [1.82, 2.24) is 5.32 Å². The summed E-state index contributed by atoms with van der Waals surface area (Å²) in [6.45, 7) is 8.29. The minimum Gasteiger partial charge on any atom is -0.497 e. The second kappa shape index (κ2) is 9.80. The van der Waals surface area contributed by atoms with Gasteiger partial charge in [0.25, 0.3) is 0 Å². The quantitative estimate of drug-likeness (QED) is 0.314. The lowest BCUT2D eigenvalue weighted by molar-refractivity contribution is 0.0959. The third-order valence-corrected chi connectivity index (χ3v) is 4.94. The number of alkyl halides is 2. The molecule has 0 aliphatic rings. The van der Waals surface area contributed by atoms with Gasteiger partial charge in [0.05, 0.1) is 7.11 Å². The monoisotopic (exact) mass is 387 g/mol. The number of carbonyl (C=O) groups excluding carboxylic acids is 1. The molecule has 0 aromatic heterocycles. The van der Waals surface area contributed by atoms with E-state index in [1.54, 1.807) is 31.4 Å². The standard InChI is InChI=1S/C20H31Cl2NO2/c1-6-7-8-13-20(21,22)18(23-19(2,3)4)14-17(24)15-9-11-16(25-5)12-10-15/h9-12,18,23H,6-8,13-14H2,1-5H3. The molecule has 0 bridgehead atoms. The highest BCUT2D eigenvalue weighted by molar-refractivity contribution is 6.49. The maximum atomic E-state index is 12.7. The van der Waals surface area contributed by atoms with E-state index < -0.39 is 4.33 Å². The first-order valence-electron chi connectivity index (χ1n) is 8.92. The molecular weight excluding hydrogens is 357 g/mol. The number of ketones is 1. The fourth-order valence-electron chi connectivity index (χ4n) is 2.69. The molecule has 5 heteroatoms. The molecule has 1 N–H and O–H groups in total. The SMILES string of the molecule is CCCCCC(Cl)(Cl)C(CC(=O)c1ccc(OC)cc1)NC(C)(C)C. The highest BCUT2D eigenvalue weighted by Gasteiger charge is 2.37. The van der Waals surface area contributed by atoms with Crippen molar-refractivity contribution in [2.45, 2.75) is 75.7 Å². The van der Waals surface area contributed by atoms with Crippen molar-refractivity contribution < 1.29 is 9.53 Å². The molecule has 142 valence electrons. The van der Waals surface area contributed by atoms with E-state index in [9.17, 15) is 4.79 Å². The Morgan fingerprint density at radius 3 is 2.24 bits per heavy atom. The Bertz CT molecular complexity index is 536. The summed E-state index contributed by atoms with van der Waals surface area (Å²) < 4.78 is 4.16. The van der Waals surface area contributed by atoms with Crippen LogP contribution in [-0.2, 0) is 0 Å². The summed E-state index contributed by atoms with van der Waals surface area (Å²) in [7, 11) is 1.60. The van der Waals surface area contributed by atoms with Crippen LogP contribution in [0.1, 0.15) is 70.2 Å². The third kappa shape index (κ3) is 7.98. The number of hydrogen-bond donors (Lipinski definition) is 1. The number of unbranched alkanes of at least 4 members (excludes halogenated alkanes) is 2. The van der Waals surface area contributed by atoms with Crippen LogP contribution in [0.4, 0.5) is 0 Å². The number of halogens is 2. The molecule has 0 spiro atoms. The van der Waals surface area contributed by atoms with E-state index in [-0.39, 0.29) is 23.8 Å². The zero-order valence-corrected chi connectivity index (χ0v) is 17.5. The Labute approximate surface area is 162 Å². The normalized spacial score (nSPS) is 13.6. The number of carbonyl (C=O) groups is 1. The molecule has 3 nitrogen and oxygen atoms in total. The molecule has 1 atom stereocenters. The van der Waals surface area contributed by atoms with Crippen LogP contribution in [0, 0.1) is 0 Å². The van der Waals surface area contributed by atoms with Gasteiger partial charge in [-0.3, -0.25) is 4.79 Å². The zero-order valence-electron chi connectivity index (χ0n) is 16.0. The Kier molecular flexibility index (Phi) is 8.73. The summed E-state index contributed by atoms with van der Waals surface area (Å²) in [5.41, 5.74) is 0.448. The van der Waals surface area contributed by atoms with Crippen LogP contribution in [0.25, 0.3) is 0 Å². The fraction of sp³-hybridized carbons (Fsp3) is 0.650. The molecule has 0 amide bonds. The van der Waals surface area contributed by atoms with Gasteiger partial charge in [-0.1, -0.05) is 49.4 Å². The molecule has 0 saturated carbocycles. The van der Waals surface area contributed by atoms with Crippen molar-refractivity contribution in [3.8, 4) is 5.75 Å². The largest absolute Gasteiger partial charge is 0.497 e. The van der Waals surface area contributed by atoms with Crippen LogP contribution in [0.2, 0.25) is 0 Å². The van der Waals surface area contributed by atoms with Gasteiger partial charge >= 0.3 is 0 Å². The fourth-order valence-corrected chi connectivity index (χ4v) is 3.22. The first-order valence-corrected chi connectivity index (χ1v) is 9.67. The summed E-state index contributed by atoms with van der Waals surface area (Å²) in [6.07, 6.45) is 4.04. The number of benzene rings is 1. The number of hydrogen-bond acceptors (Lipinski definition) is 3. The van der Waals surface area contributed by atoms with Crippen LogP contribution in [0.5, 0.6) is 5.75 Å². The van der Waals surface area contributed by atoms with Crippen LogP contribution < -0.4 is 10.1 Å². The average molecular weight is 388 g/mol. The van der Waals surface area contributed by atoms with Crippen molar-refractivity contribution in [3.05, 3.63) is 29.8 Å². The second-order valence-corrected chi connectivity index (χ2v) is 9.06. The summed E-state index contributed by atoms with van der Waals surface area (Å²) in [4.78, 5) is 12.7. The van der Waals surface area contributed by atoms with E-state index >= 15 is 0 Å². The highest BCUT2D eigenvalue weighted by Crippen LogP contribution is 2.35. The maximum absolute atomic E-state index is 12.7. The number of Topliss-reactive ketones (excluding diaryl/α,β-unsaturated/α-hetero) is 1. The first kappa shape index (κ1) is 22.3. The van der Waals surface area contributed by atoms with Gasteiger partial charge in [-0.25, -0.2) is 0 Å². The first-order chi connectivity index (χ1) is 11.6. The minimum absolute atomic E-state index is 0.0190. The van der Waals surface area contributed by atoms with Gasteiger partial charge in [-0.05, 0) is 51.5 Å². The molecule has 0 fully saturated rings. The smallest absolute Gasteiger partial charge is 0.164 e. The summed E-state index contributed by atoms with van der Waals surface area (Å²) >= 11 is 13.3. The topological polar surface area (TPSA) is 38.3 Å². The second-order valence-electron chi connectivity index (χ2n) is 7.52. The predicted molar refractivity (Wildman–Crippen MR) is 107 cm³/mol. The van der Waals surface area contributed by atoms with Gasteiger partial charge in [-0.15, -0.1) is 0 Å². The number of ether oxygens (including phenoxy) is 1. The molecule has 0 heterocycles. The molecule has 0 radical (unpaired) electrons. The van der Waals surface area contributed by atoms with Crippen molar-refractivity contribution in [2.75, 3.05) is 7.11 Å². The highest BCUT2D eigenvalue weighted by atomic mass is 35.5. The molecule has 0 saturated heterocycles. The molecule has 0 aliphatic carbocycles. The minimum atomic E-state index is -0.982. The van der Waals surface area contributed by atoms with Crippen LogP contribution in [-0.4, -0.2) is 28.8 Å². The third-order valence-electron chi connectivity index (χ3n) is 4.03. The summed E-state index contributed by atoms with van der Waals surface area (Å²) in [6, 6.07) is 6.81. The van der Waals surface area contributed by atoms with Gasteiger partial charge in [0.2, 0.25) is 0 Å². The van der Waals surface area contributed by atoms with E-state index in [0.717, 1.165) is 25.0 Å². The lowest BCUT2D eigenvalue weighted by Crippen LogP contribution is -2.52. The summed E-state index contributed by atoms with van der Waals surface area (Å²) in [5, 5.41) is 3.44. The number of nitrogens with one attached hydrogen (secondary N) is 1. The van der Waals surface area contributed by atoms with E-state index in [2.05, 4.69) is 12.2 Å². The van der Waals surface area contributed by atoms with Crippen LogP contribution >= 0.6 is 23.2 Å². The van der Waals surface area contributed by atoms with Gasteiger partial charge < -0.3 is 10.1 Å². The number of methoxy groups -OCH3 is 1. The molecule has 25 heavy (non-hydrogen) atoms. The molecular formula is C20H31Cl2NO2. The van der Waals surface area contributed by atoms with Gasteiger partial charge in [-0.2, -0.15) is 0 Å². The van der Waals surface area contributed by atoms with Crippen molar-refractivity contribution in [1.29, 1.82) is 0 Å². The van der Waals surface area contributed by atoms with Gasteiger partial charge in [0, 0.05) is 23.6 Å². The average Bonchev–Trinajstić information content (AvgIpc) is 2.53. The van der Waals surface area contributed by atoms with E-state index in [0.29, 0.717) is 12.0 Å². The Morgan fingerprint density at radius 1 is 1.16 bits per heavy atom. The maximum Gasteiger partial charge on any atom is 0.164 e. The van der Waals surface area contributed by atoms with Crippen molar-refractivity contribution in [3.63, 3.8) is 0 Å². The van der Waals surface area contributed by atoms with E-state index in [4.69, 9.17) is 27.9 Å². The van der Waals surface area contributed by atoms with E-state index in [1.807, 2.05) is 20.8 Å². The van der Waals surface area contributed by atoms with Crippen LogP contribution in [0.15, 0.2) is 24.3 Å². The molecule has 1 unspecified atom stereocenters. The predicted octanol–water partition coefficient (Wildman–Crippen LogP) is 5.78.